The third-order valence-corrected chi connectivity index (χ3v) is 2.91. The quantitative estimate of drug-likeness (QED) is 0.679. The summed E-state index contributed by atoms with van der Waals surface area (Å²) in [6.45, 7) is 4.30. The van der Waals surface area contributed by atoms with Crippen LogP contribution < -0.4 is 0 Å². The van der Waals surface area contributed by atoms with Crippen molar-refractivity contribution >= 4 is 6.08 Å². The Morgan fingerprint density at radius 3 is 2.29 bits per heavy atom. The van der Waals surface area contributed by atoms with Gasteiger partial charge in [0.1, 0.15) is 0 Å². The maximum atomic E-state index is 2.19. The van der Waals surface area contributed by atoms with E-state index >= 15 is 0 Å². The molecule has 0 heteroatoms. The summed E-state index contributed by atoms with van der Waals surface area (Å²) in [6, 6.07) is 17.2. The molecule has 17 heavy (non-hydrogen) atoms. The number of benzene rings is 2. The van der Waals surface area contributed by atoms with Crippen molar-refractivity contribution in [1.29, 1.82) is 0 Å². The van der Waals surface area contributed by atoms with Crippen LogP contribution in [0, 0.1) is 6.92 Å². The molecule has 2 aromatic rings. The molecular formula is C17H18. The lowest BCUT2D eigenvalue weighted by Crippen LogP contribution is -1.82. The summed E-state index contributed by atoms with van der Waals surface area (Å²) in [6.07, 6.45) is 5.43. The van der Waals surface area contributed by atoms with Gasteiger partial charge < -0.3 is 0 Å². The molecule has 0 aromatic heterocycles. The van der Waals surface area contributed by atoms with Crippen molar-refractivity contribution in [2.75, 3.05) is 0 Å². The minimum Gasteiger partial charge on any atom is -0.0842 e. The topological polar surface area (TPSA) is 0 Å². The Morgan fingerprint density at radius 2 is 1.65 bits per heavy atom. The molecule has 0 atom stereocenters. The second-order valence-electron chi connectivity index (χ2n) is 4.25. The predicted molar refractivity (Wildman–Crippen MR) is 75.9 cm³/mol. The number of aryl methyl sites for hydroxylation is 1. The highest BCUT2D eigenvalue weighted by atomic mass is 14.0. The molecule has 0 aliphatic heterocycles. The van der Waals surface area contributed by atoms with E-state index in [4.69, 9.17) is 0 Å². The highest BCUT2D eigenvalue weighted by molar-refractivity contribution is 5.68. The van der Waals surface area contributed by atoms with E-state index in [0.29, 0.717) is 0 Å². The van der Waals surface area contributed by atoms with Gasteiger partial charge in [0.2, 0.25) is 0 Å². The van der Waals surface area contributed by atoms with Crippen LogP contribution >= 0.6 is 0 Å². The first kappa shape index (κ1) is 11.7. The summed E-state index contributed by atoms with van der Waals surface area (Å²) < 4.78 is 0. The van der Waals surface area contributed by atoms with Crippen LogP contribution in [0.4, 0.5) is 0 Å². The molecular weight excluding hydrogens is 204 g/mol. The zero-order valence-corrected chi connectivity index (χ0v) is 10.5. The average Bonchev–Trinajstić information content (AvgIpc) is 2.38. The normalized spacial score (nSPS) is 10.9. The van der Waals surface area contributed by atoms with Crippen LogP contribution in [0.2, 0.25) is 0 Å². The van der Waals surface area contributed by atoms with Crippen LogP contribution in [0.25, 0.3) is 17.2 Å². The third-order valence-electron chi connectivity index (χ3n) is 2.91. The molecule has 0 unspecified atom stereocenters. The first-order chi connectivity index (χ1) is 8.31. The van der Waals surface area contributed by atoms with Crippen LogP contribution in [0.5, 0.6) is 0 Å². The zero-order valence-electron chi connectivity index (χ0n) is 10.5. The monoisotopic (exact) mass is 222 g/mol. The van der Waals surface area contributed by atoms with Crippen molar-refractivity contribution in [3.63, 3.8) is 0 Å². The Hall–Kier alpha value is -1.82. The van der Waals surface area contributed by atoms with Gasteiger partial charge in [-0.05, 0) is 35.6 Å². The smallest absolute Gasteiger partial charge is 0.0155 e. The summed E-state index contributed by atoms with van der Waals surface area (Å²) in [4.78, 5) is 0. The van der Waals surface area contributed by atoms with Gasteiger partial charge in [-0.1, -0.05) is 67.6 Å². The molecule has 0 fully saturated rings. The average molecular weight is 222 g/mol. The van der Waals surface area contributed by atoms with E-state index in [-0.39, 0.29) is 0 Å². The largest absolute Gasteiger partial charge is 0.0842 e. The lowest BCUT2D eigenvalue weighted by molar-refractivity contribution is 1.23. The van der Waals surface area contributed by atoms with E-state index in [1.54, 1.807) is 0 Å². The van der Waals surface area contributed by atoms with Crippen molar-refractivity contribution in [1.82, 2.24) is 0 Å². The van der Waals surface area contributed by atoms with Gasteiger partial charge in [0.25, 0.3) is 0 Å². The van der Waals surface area contributed by atoms with Gasteiger partial charge in [-0.3, -0.25) is 0 Å². The third kappa shape index (κ3) is 2.85. The van der Waals surface area contributed by atoms with Gasteiger partial charge in [0, 0.05) is 0 Å². The second-order valence-corrected chi connectivity index (χ2v) is 4.25. The van der Waals surface area contributed by atoms with Crippen molar-refractivity contribution in [2.24, 2.45) is 0 Å². The molecule has 0 heterocycles. The van der Waals surface area contributed by atoms with Crippen LogP contribution in [0.15, 0.2) is 54.6 Å². The van der Waals surface area contributed by atoms with Crippen LogP contribution in [-0.2, 0) is 0 Å². The Bertz CT molecular complexity index is 504. The molecule has 0 nitrogen and oxygen atoms in total. The molecule has 0 amide bonds. The van der Waals surface area contributed by atoms with E-state index in [1.807, 2.05) is 0 Å². The van der Waals surface area contributed by atoms with Gasteiger partial charge in [-0.15, -0.1) is 0 Å². The second kappa shape index (κ2) is 5.49. The van der Waals surface area contributed by atoms with E-state index in [2.05, 4.69) is 74.5 Å². The maximum Gasteiger partial charge on any atom is -0.0155 e. The summed E-state index contributed by atoms with van der Waals surface area (Å²) in [7, 11) is 0. The fourth-order valence-corrected chi connectivity index (χ4v) is 1.92. The first-order valence-electron chi connectivity index (χ1n) is 6.14. The molecule has 0 saturated carbocycles. The molecule has 0 N–H and O–H groups in total. The first-order valence-corrected chi connectivity index (χ1v) is 6.14. The van der Waals surface area contributed by atoms with Gasteiger partial charge in [-0.25, -0.2) is 0 Å². The van der Waals surface area contributed by atoms with Crippen molar-refractivity contribution in [2.45, 2.75) is 20.3 Å². The molecule has 2 rings (SSSR count). The van der Waals surface area contributed by atoms with Gasteiger partial charge in [0.15, 0.2) is 0 Å². The number of allylic oxidation sites excluding steroid dienone is 1. The standard InChI is InChI=1S/C17H18/c1-3-4-8-15-10-12-16(13-11-15)17-9-6-5-7-14(17)2/h4-13H,3H2,1-2H3/b8-4-. The Balaban J connectivity index is 2.30. The van der Waals surface area contributed by atoms with Crippen LogP contribution in [0.1, 0.15) is 24.5 Å². The Morgan fingerprint density at radius 1 is 0.941 bits per heavy atom. The molecule has 0 bridgehead atoms. The molecule has 0 spiro atoms. The number of hydrogen-bond acceptors (Lipinski definition) is 0. The highest BCUT2D eigenvalue weighted by Crippen LogP contribution is 2.23. The van der Waals surface area contributed by atoms with Crippen LogP contribution in [0.3, 0.4) is 0 Å². The lowest BCUT2D eigenvalue weighted by atomic mass is 9.99. The lowest BCUT2D eigenvalue weighted by Gasteiger charge is -2.05. The SMILES string of the molecule is CC/C=C\c1ccc(-c2ccccc2C)cc1. The van der Waals surface area contributed by atoms with Gasteiger partial charge in [0.05, 0.1) is 0 Å². The fraction of sp³-hybridized carbons (Fsp3) is 0.176. The maximum absolute atomic E-state index is 2.19. The predicted octanol–water partition coefficient (Wildman–Crippen LogP) is 5.09. The molecule has 0 saturated heterocycles. The summed E-state index contributed by atoms with van der Waals surface area (Å²) >= 11 is 0. The summed E-state index contributed by atoms with van der Waals surface area (Å²) in [5.41, 5.74) is 5.20. The Kier molecular flexibility index (Phi) is 3.77. The van der Waals surface area contributed by atoms with Crippen LogP contribution in [-0.4, -0.2) is 0 Å². The molecule has 0 radical (unpaired) electrons. The van der Waals surface area contributed by atoms with Gasteiger partial charge in [-0.2, -0.15) is 0 Å². The molecule has 86 valence electrons. The summed E-state index contributed by atoms with van der Waals surface area (Å²) in [5, 5.41) is 0. The van der Waals surface area contributed by atoms with E-state index in [9.17, 15) is 0 Å². The molecule has 0 aliphatic rings. The van der Waals surface area contributed by atoms with Gasteiger partial charge >= 0.3 is 0 Å². The molecule has 2 aromatic carbocycles. The highest BCUT2D eigenvalue weighted by Gasteiger charge is 1.99. The van der Waals surface area contributed by atoms with E-state index < -0.39 is 0 Å². The van der Waals surface area contributed by atoms with Crippen molar-refractivity contribution in [3.8, 4) is 11.1 Å². The minimum absolute atomic E-state index is 1.08. The van der Waals surface area contributed by atoms with Crippen molar-refractivity contribution in [3.05, 3.63) is 65.7 Å². The number of rotatable bonds is 3. The van der Waals surface area contributed by atoms with E-state index in [0.717, 1.165) is 6.42 Å². The van der Waals surface area contributed by atoms with E-state index in [1.165, 1.54) is 22.3 Å². The van der Waals surface area contributed by atoms with Crippen molar-refractivity contribution < 1.29 is 0 Å². The fourth-order valence-electron chi connectivity index (χ4n) is 1.92. The number of hydrogen-bond donors (Lipinski definition) is 0. The summed E-state index contributed by atoms with van der Waals surface area (Å²) in [5.74, 6) is 0. The molecule has 0 aliphatic carbocycles. The zero-order chi connectivity index (χ0) is 12.1. The Labute approximate surface area is 104 Å². The minimum atomic E-state index is 1.08.